The van der Waals surface area contributed by atoms with E-state index in [0.717, 1.165) is 24.0 Å². The number of hydrogen-bond acceptors (Lipinski definition) is 4. The summed E-state index contributed by atoms with van der Waals surface area (Å²) in [5.74, 6) is 0.524. The van der Waals surface area contributed by atoms with Crippen molar-refractivity contribution in [2.75, 3.05) is 28.5 Å². The van der Waals surface area contributed by atoms with Gasteiger partial charge in [0.25, 0.3) is 5.91 Å². The number of hydrogen-bond donors (Lipinski definition) is 1. The van der Waals surface area contributed by atoms with Crippen LogP contribution in [0.15, 0.2) is 42.5 Å². The molecule has 0 aromatic heterocycles. The number of nitrogens with one attached hydrogen (secondary N) is 1. The lowest BCUT2D eigenvalue weighted by atomic mass is 10.0. The smallest absolute Gasteiger partial charge is 0.262 e. The van der Waals surface area contributed by atoms with Crippen LogP contribution in [0.4, 0.5) is 11.4 Å². The molecular formula is C21H26N2O4S. The van der Waals surface area contributed by atoms with E-state index in [2.05, 4.69) is 5.32 Å². The van der Waals surface area contributed by atoms with E-state index in [1.165, 1.54) is 4.31 Å². The minimum Gasteiger partial charge on any atom is -0.484 e. The van der Waals surface area contributed by atoms with Gasteiger partial charge in [-0.1, -0.05) is 24.6 Å². The van der Waals surface area contributed by atoms with Gasteiger partial charge in [0.2, 0.25) is 10.0 Å². The summed E-state index contributed by atoms with van der Waals surface area (Å²) >= 11 is 0. The van der Waals surface area contributed by atoms with Crippen molar-refractivity contribution in [1.29, 1.82) is 0 Å². The third-order valence-corrected chi connectivity index (χ3v) is 6.60. The lowest BCUT2D eigenvalue weighted by Gasteiger charge is -2.30. The molecule has 1 aliphatic rings. The zero-order valence-electron chi connectivity index (χ0n) is 16.3. The van der Waals surface area contributed by atoms with Gasteiger partial charge in [-0.2, -0.15) is 0 Å². The lowest BCUT2D eigenvalue weighted by Crippen LogP contribution is -2.37. The second-order valence-corrected chi connectivity index (χ2v) is 9.00. The summed E-state index contributed by atoms with van der Waals surface area (Å²) < 4.78 is 32.0. The highest BCUT2D eigenvalue weighted by atomic mass is 32.2. The van der Waals surface area contributed by atoms with E-state index in [1.807, 2.05) is 44.2 Å². The van der Waals surface area contributed by atoms with Gasteiger partial charge in [-0.3, -0.25) is 9.10 Å². The molecule has 28 heavy (non-hydrogen) atoms. The molecule has 1 heterocycles. The van der Waals surface area contributed by atoms with Crippen LogP contribution in [0.25, 0.3) is 0 Å². The Morgan fingerprint density at radius 1 is 1.18 bits per heavy atom. The van der Waals surface area contributed by atoms with E-state index in [0.29, 0.717) is 30.1 Å². The summed E-state index contributed by atoms with van der Waals surface area (Å²) in [7, 11) is -3.30. The molecular weight excluding hydrogens is 376 g/mol. The number of anilines is 2. The Morgan fingerprint density at radius 3 is 2.64 bits per heavy atom. The second-order valence-electron chi connectivity index (χ2n) is 6.99. The van der Waals surface area contributed by atoms with Crippen LogP contribution in [-0.4, -0.2) is 33.2 Å². The molecule has 0 bridgehead atoms. The van der Waals surface area contributed by atoms with Crippen LogP contribution in [0.3, 0.4) is 0 Å². The lowest BCUT2D eigenvalue weighted by molar-refractivity contribution is -0.118. The molecule has 1 N–H and O–H groups in total. The van der Waals surface area contributed by atoms with Gasteiger partial charge in [-0.25, -0.2) is 8.42 Å². The summed E-state index contributed by atoms with van der Waals surface area (Å²) in [6.45, 7) is 4.27. The number of benzene rings is 2. The van der Waals surface area contributed by atoms with Crippen LogP contribution in [-0.2, 0) is 21.2 Å². The molecule has 150 valence electrons. The predicted octanol–water partition coefficient (Wildman–Crippen LogP) is 3.50. The fraction of sp³-hybridized carbons (Fsp3) is 0.381. The summed E-state index contributed by atoms with van der Waals surface area (Å²) in [4.78, 5) is 12.2. The number of carbonyl (C=O) groups excluding carboxylic acids is 1. The largest absolute Gasteiger partial charge is 0.484 e. The Bertz CT molecular complexity index is 939. The number of rotatable bonds is 7. The number of fused-ring (bicyclic) bond motifs is 1. The number of aryl methyl sites for hydroxylation is 2. The molecule has 7 heteroatoms. The zero-order valence-corrected chi connectivity index (χ0v) is 17.1. The highest BCUT2D eigenvalue weighted by Gasteiger charge is 2.26. The van der Waals surface area contributed by atoms with Gasteiger partial charge in [-0.15, -0.1) is 0 Å². The Kier molecular flexibility index (Phi) is 6.24. The minimum absolute atomic E-state index is 0.0862. The number of amides is 1. The van der Waals surface area contributed by atoms with Crippen molar-refractivity contribution >= 4 is 27.3 Å². The Morgan fingerprint density at radius 2 is 1.93 bits per heavy atom. The molecule has 6 nitrogen and oxygen atoms in total. The Labute approximate surface area is 166 Å². The van der Waals surface area contributed by atoms with Gasteiger partial charge in [-0.05, 0) is 62.1 Å². The van der Waals surface area contributed by atoms with Crippen LogP contribution in [0.5, 0.6) is 5.75 Å². The molecule has 0 radical (unpaired) electrons. The molecule has 0 saturated carbocycles. The average molecular weight is 403 g/mol. The van der Waals surface area contributed by atoms with Crippen LogP contribution in [0, 0.1) is 6.92 Å². The maximum absolute atomic E-state index is 12.5. The SMILES string of the molecule is CCCS(=O)(=O)N1CCCc2cc(NC(=O)COc3ccc(C)cc3)ccc21. The summed E-state index contributed by atoms with van der Waals surface area (Å²) in [6.07, 6.45) is 2.14. The van der Waals surface area contributed by atoms with Gasteiger partial charge >= 0.3 is 0 Å². The van der Waals surface area contributed by atoms with E-state index in [-0.39, 0.29) is 18.3 Å². The van der Waals surface area contributed by atoms with Crippen molar-refractivity contribution in [2.45, 2.75) is 33.1 Å². The number of ether oxygens (including phenoxy) is 1. The number of carbonyl (C=O) groups is 1. The minimum atomic E-state index is -3.30. The predicted molar refractivity (Wildman–Crippen MR) is 111 cm³/mol. The van der Waals surface area contributed by atoms with E-state index in [9.17, 15) is 13.2 Å². The van der Waals surface area contributed by atoms with Gasteiger partial charge in [0.05, 0.1) is 11.4 Å². The third kappa shape index (κ3) is 4.84. The van der Waals surface area contributed by atoms with Crippen molar-refractivity contribution in [3.63, 3.8) is 0 Å². The molecule has 0 fully saturated rings. The molecule has 1 aliphatic heterocycles. The summed E-state index contributed by atoms with van der Waals surface area (Å²) in [5, 5.41) is 2.82. The maximum atomic E-state index is 12.5. The van der Waals surface area contributed by atoms with E-state index >= 15 is 0 Å². The first-order chi connectivity index (χ1) is 13.4. The standard InChI is InChI=1S/C21H26N2O4S/c1-3-13-28(25,26)23-12-4-5-17-14-18(8-11-20(17)23)22-21(24)15-27-19-9-6-16(2)7-10-19/h6-11,14H,3-5,12-13,15H2,1-2H3,(H,22,24). The molecule has 0 atom stereocenters. The topological polar surface area (TPSA) is 75.7 Å². The van der Waals surface area contributed by atoms with Gasteiger partial charge in [0.1, 0.15) is 5.75 Å². The fourth-order valence-corrected chi connectivity index (χ4v) is 4.90. The molecule has 3 rings (SSSR count). The quantitative estimate of drug-likeness (QED) is 0.769. The van der Waals surface area contributed by atoms with Gasteiger partial charge in [0.15, 0.2) is 6.61 Å². The third-order valence-electron chi connectivity index (χ3n) is 4.63. The molecule has 2 aromatic rings. The monoisotopic (exact) mass is 402 g/mol. The average Bonchev–Trinajstić information content (AvgIpc) is 2.67. The van der Waals surface area contributed by atoms with Crippen LogP contribution >= 0.6 is 0 Å². The molecule has 2 aromatic carbocycles. The van der Waals surface area contributed by atoms with Crippen molar-refractivity contribution in [3.05, 3.63) is 53.6 Å². The molecule has 0 unspecified atom stereocenters. The van der Waals surface area contributed by atoms with Crippen molar-refractivity contribution in [3.8, 4) is 5.75 Å². The number of sulfonamides is 1. The fourth-order valence-electron chi connectivity index (χ4n) is 3.28. The molecule has 1 amide bonds. The molecule has 0 saturated heterocycles. The molecule has 0 aliphatic carbocycles. The first kappa shape index (κ1) is 20.2. The van der Waals surface area contributed by atoms with Crippen LogP contribution in [0.2, 0.25) is 0 Å². The second kappa shape index (κ2) is 8.65. The Hall–Kier alpha value is -2.54. The van der Waals surface area contributed by atoms with E-state index < -0.39 is 10.0 Å². The van der Waals surface area contributed by atoms with Gasteiger partial charge < -0.3 is 10.1 Å². The summed E-state index contributed by atoms with van der Waals surface area (Å²) in [6, 6.07) is 12.9. The maximum Gasteiger partial charge on any atom is 0.262 e. The van der Waals surface area contributed by atoms with E-state index in [1.54, 1.807) is 12.1 Å². The normalized spacial score (nSPS) is 13.7. The highest BCUT2D eigenvalue weighted by Crippen LogP contribution is 2.32. The van der Waals surface area contributed by atoms with Crippen molar-refractivity contribution in [1.82, 2.24) is 0 Å². The van der Waals surface area contributed by atoms with Crippen molar-refractivity contribution in [2.24, 2.45) is 0 Å². The Balaban J connectivity index is 1.66. The van der Waals surface area contributed by atoms with Crippen molar-refractivity contribution < 1.29 is 17.9 Å². The number of nitrogens with zero attached hydrogens (tertiary/aromatic N) is 1. The highest BCUT2D eigenvalue weighted by molar-refractivity contribution is 7.92. The van der Waals surface area contributed by atoms with Gasteiger partial charge in [0, 0.05) is 12.2 Å². The van der Waals surface area contributed by atoms with E-state index in [4.69, 9.17) is 4.74 Å². The molecule has 0 spiro atoms. The first-order valence-corrected chi connectivity index (χ1v) is 11.1. The van der Waals surface area contributed by atoms with Crippen LogP contribution in [0.1, 0.15) is 30.9 Å². The first-order valence-electron chi connectivity index (χ1n) is 9.51. The summed E-state index contributed by atoms with van der Waals surface area (Å²) in [5.41, 5.74) is 3.42. The van der Waals surface area contributed by atoms with Crippen LogP contribution < -0.4 is 14.4 Å². The zero-order chi connectivity index (χ0) is 20.1.